The van der Waals surface area contributed by atoms with E-state index in [4.69, 9.17) is 16.3 Å². The Labute approximate surface area is 188 Å². The molecule has 5 nitrogen and oxygen atoms in total. The molecule has 0 fully saturated rings. The summed E-state index contributed by atoms with van der Waals surface area (Å²) < 4.78 is 7.05. The predicted molar refractivity (Wildman–Crippen MR) is 121 cm³/mol. The fraction of sp³-hybridized carbons (Fsp3) is 0.217. The van der Waals surface area contributed by atoms with Crippen LogP contribution in [0.2, 0.25) is 5.02 Å². The van der Waals surface area contributed by atoms with Crippen molar-refractivity contribution < 1.29 is 19.4 Å². The van der Waals surface area contributed by atoms with Crippen molar-refractivity contribution in [3.63, 3.8) is 0 Å². The zero-order chi connectivity index (χ0) is 21.9. The standard InChI is InChI=1S/C23H21BrClNO4/c1-23(2,22(28)29)26-21(27)18-13-19(25)16-5-3-4-6-17(16)20(18)30-12-11-14-7-9-15(24)10-8-14/h3-10,13H,11-12H2,1-2H3,(H,26,27)(H,28,29). The van der Waals surface area contributed by atoms with E-state index in [-0.39, 0.29) is 5.56 Å². The highest BCUT2D eigenvalue weighted by Crippen LogP contribution is 2.35. The van der Waals surface area contributed by atoms with Crippen LogP contribution in [0.15, 0.2) is 59.1 Å². The summed E-state index contributed by atoms with van der Waals surface area (Å²) in [6.45, 7) is 3.18. The zero-order valence-corrected chi connectivity index (χ0v) is 18.9. The van der Waals surface area contributed by atoms with E-state index in [9.17, 15) is 14.7 Å². The van der Waals surface area contributed by atoms with Crippen molar-refractivity contribution in [3.05, 3.63) is 75.2 Å². The van der Waals surface area contributed by atoms with Crippen molar-refractivity contribution in [2.75, 3.05) is 6.61 Å². The molecule has 1 amide bonds. The minimum Gasteiger partial charge on any atom is -0.492 e. The molecule has 7 heteroatoms. The molecule has 3 aromatic rings. The lowest BCUT2D eigenvalue weighted by atomic mass is 10.0. The second-order valence-electron chi connectivity index (χ2n) is 7.39. The minimum absolute atomic E-state index is 0.198. The number of nitrogens with one attached hydrogen (secondary N) is 1. The first-order valence-corrected chi connectivity index (χ1v) is 10.5. The molecule has 0 radical (unpaired) electrons. The number of fused-ring (bicyclic) bond motifs is 1. The quantitative estimate of drug-likeness (QED) is 0.460. The van der Waals surface area contributed by atoms with Crippen molar-refractivity contribution in [2.24, 2.45) is 0 Å². The van der Waals surface area contributed by atoms with Crippen molar-refractivity contribution in [2.45, 2.75) is 25.8 Å². The summed E-state index contributed by atoms with van der Waals surface area (Å²) in [5.41, 5.74) is -0.150. The van der Waals surface area contributed by atoms with Crippen LogP contribution in [-0.2, 0) is 11.2 Å². The van der Waals surface area contributed by atoms with Gasteiger partial charge in [0.25, 0.3) is 5.91 Å². The molecule has 0 aliphatic rings. The van der Waals surface area contributed by atoms with Gasteiger partial charge in [0.1, 0.15) is 11.3 Å². The maximum atomic E-state index is 12.9. The second-order valence-corrected chi connectivity index (χ2v) is 8.71. The molecule has 0 aliphatic heterocycles. The van der Waals surface area contributed by atoms with Crippen LogP contribution in [0.1, 0.15) is 29.8 Å². The lowest BCUT2D eigenvalue weighted by Crippen LogP contribution is -2.49. The minimum atomic E-state index is -1.44. The molecular formula is C23H21BrClNO4. The second kappa shape index (κ2) is 9.06. The van der Waals surface area contributed by atoms with Crippen LogP contribution in [0.5, 0.6) is 5.75 Å². The van der Waals surface area contributed by atoms with Crippen molar-refractivity contribution in [1.82, 2.24) is 5.32 Å². The molecule has 0 atom stereocenters. The van der Waals surface area contributed by atoms with Crippen LogP contribution in [0.25, 0.3) is 10.8 Å². The fourth-order valence-electron chi connectivity index (χ4n) is 2.96. The first kappa shape index (κ1) is 22.1. The van der Waals surface area contributed by atoms with Gasteiger partial charge < -0.3 is 15.2 Å². The Hall–Kier alpha value is -2.57. The summed E-state index contributed by atoms with van der Waals surface area (Å²) in [6, 6.07) is 16.8. The van der Waals surface area contributed by atoms with Gasteiger partial charge in [0.05, 0.1) is 12.2 Å². The molecule has 0 aromatic heterocycles. The van der Waals surface area contributed by atoms with E-state index in [1.807, 2.05) is 48.5 Å². The number of ether oxygens (including phenoxy) is 1. The molecule has 156 valence electrons. The highest BCUT2D eigenvalue weighted by Gasteiger charge is 2.31. The number of carboxylic acid groups (broad SMARTS) is 1. The number of carboxylic acids is 1. The van der Waals surface area contributed by atoms with Gasteiger partial charge in [-0.1, -0.05) is 63.9 Å². The molecule has 3 rings (SSSR count). The largest absolute Gasteiger partial charge is 0.492 e. The SMILES string of the molecule is CC(C)(NC(=O)c1cc(Cl)c2ccccc2c1OCCc1ccc(Br)cc1)C(=O)O. The van der Waals surface area contributed by atoms with Crippen LogP contribution < -0.4 is 10.1 Å². The number of carbonyl (C=O) groups excluding carboxylic acids is 1. The van der Waals surface area contributed by atoms with Gasteiger partial charge in [0.15, 0.2) is 0 Å². The van der Waals surface area contributed by atoms with E-state index >= 15 is 0 Å². The number of amides is 1. The van der Waals surface area contributed by atoms with Crippen molar-refractivity contribution >= 4 is 50.2 Å². The molecular weight excluding hydrogens is 470 g/mol. The van der Waals surface area contributed by atoms with E-state index in [1.54, 1.807) is 0 Å². The Morgan fingerprint density at radius 2 is 1.73 bits per heavy atom. The zero-order valence-electron chi connectivity index (χ0n) is 16.5. The van der Waals surface area contributed by atoms with E-state index in [0.29, 0.717) is 29.2 Å². The molecule has 30 heavy (non-hydrogen) atoms. The average molecular weight is 491 g/mol. The van der Waals surface area contributed by atoms with Gasteiger partial charge in [-0.3, -0.25) is 4.79 Å². The maximum Gasteiger partial charge on any atom is 0.328 e. The number of hydrogen-bond acceptors (Lipinski definition) is 3. The third-order valence-corrected chi connectivity index (χ3v) is 5.54. The number of hydrogen-bond donors (Lipinski definition) is 2. The highest BCUT2D eigenvalue weighted by atomic mass is 79.9. The lowest BCUT2D eigenvalue weighted by Gasteiger charge is -2.22. The number of halogens is 2. The van der Waals surface area contributed by atoms with Crippen LogP contribution in [-0.4, -0.2) is 29.1 Å². The monoisotopic (exact) mass is 489 g/mol. The average Bonchev–Trinajstić information content (AvgIpc) is 2.70. The molecule has 0 saturated carbocycles. The Kier molecular flexibility index (Phi) is 6.68. The topological polar surface area (TPSA) is 75.6 Å². The van der Waals surface area contributed by atoms with Gasteiger partial charge in [-0.15, -0.1) is 0 Å². The first-order valence-electron chi connectivity index (χ1n) is 9.33. The van der Waals surface area contributed by atoms with Crippen LogP contribution >= 0.6 is 27.5 Å². The molecule has 0 bridgehead atoms. The fourth-order valence-corrected chi connectivity index (χ4v) is 3.49. The normalized spacial score (nSPS) is 11.3. The highest BCUT2D eigenvalue weighted by molar-refractivity contribution is 9.10. The number of benzene rings is 3. The van der Waals surface area contributed by atoms with E-state index in [2.05, 4.69) is 21.2 Å². The van der Waals surface area contributed by atoms with Crippen molar-refractivity contribution in [1.29, 1.82) is 0 Å². The Morgan fingerprint density at radius 1 is 1.10 bits per heavy atom. The van der Waals surface area contributed by atoms with Crippen LogP contribution in [0.4, 0.5) is 0 Å². The number of aliphatic carboxylic acids is 1. The van der Waals surface area contributed by atoms with Gasteiger partial charge in [-0.2, -0.15) is 0 Å². The van der Waals surface area contributed by atoms with Crippen LogP contribution in [0.3, 0.4) is 0 Å². The molecule has 3 aromatic carbocycles. The summed E-state index contributed by atoms with van der Waals surface area (Å²) in [5.74, 6) is -1.32. The lowest BCUT2D eigenvalue weighted by molar-refractivity contribution is -0.143. The van der Waals surface area contributed by atoms with Crippen molar-refractivity contribution in [3.8, 4) is 5.75 Å². The predicted octanol–water partition coefficient (Wildman–Crippen LogP) is 5.47. The summed E-state index contributed by atoms with van der Waals surface area (Å²) in [6.07, 6.45) is 0.645. The van der Waals surface area contributed by atoms with Gasteiger partial charge in [-0.25, -0.2) is 4.79 Å². The summed E-state index contributed by atoms with van der Waals surface area (Å²) in [4.78, 5) is 24.4. The molecule has 0 saturated heterocycles. The van der Waals surface area contributed by atoms with Gasteiger partial charge in [0.2, 0.25) is 0 Å². The van der Waals surface area contributed by atoms with E-state index in [1.165, 1.54) is 19.9 Å². The molecule has 2 N–H and O–H groups in total. The first-order chi connectivity index (χ1) is 14.2. The molecule has 0 spiro atoms. The third kappa shape index (κ3) is 4.94. The number of rotatable bonds is 7. The molecule has 0 unspecified atom stereocenters. The third-order valence-electron chi connectivity index (χ3n) is 4.70. The maximum absolute atomic E-state index is 12.9. The Morgan fingerprint density at radius 3 is 2.37 bits per heavy atom. The Bertz CT molecular complexity index is 1100. The Balaban J connectivity index is 1.94. The van der Waals surface area contributed by atoms with Crippen LogP contribution in [0, 0.1) is 0 Å². The smallest absolute Gasteiger partial charge is 0.328 e. The number of carbonyl (C=O) groups is 2. The summed E-state index contributed by atoms with van der Waals surface area (Å²) in [5, 5.41) is 13.7. The summed E-state index contributed by atoms with van der Waals surface area (Å²) >= 11 is 9.81. The molecule has 0 aliphatic carbocycles. The molecule has 0 heterocycles. The van der Waals surface area contributed by atoms with Gasteiger partial charge >= 0.3 is 5.97 Å². The van der Waals surface area contributed by atoms with E-state index < -0.39 is 17.4 Å². The summed E-state index contributed by atoms with van der Waals surface area (Å²) in [7, 11) is 0. The van der Waals surface area contributed by atoms with E-state index in [0.717, 1.165) is 15.4 Å². The van der Waals surface area contributed by atoms with Gasteiger partial charge in [-0.05, 0) is 37.6 Å². The van der Waals surface area contributed by atoms with Gasteiger partial charge in [0, 0.05) is 26.7 Å².